The highest BCUT2D eigenvalue weighted by Crippen LogP contribution is 2.27. The minimum Gasteiger partial charge on any atom is -0.465 e. The fourth-order valence-electron chi connectivity index (χ4n) is 4.14. The Morgan fingerprint density at radius 1 is 1.17 bits per heavy atom. The van der Waals surface area contributed by atoms with Gasteiger partial charge in [-0.15, -0.1) is 0 Å². The Bertz CT molecular complexity index is 628. The third-order valence-corrected chi connectivity index (χ3v) is 5.86. The topological polar surface area (TPSA) is 62.4 Å². The van der Waals surface area contributed by atoms with Crippen LogP contribution in [0.1, 0.15) is 39.0 Å². The van der Waals surface area contributed by atoms with Gasteiger partial charge in [-0.25, -0.2) is 4.79 Å². The van der Waals surface area contributed by atoms with Crippen molar-refractivity contribution in [1.82, 2.24) is 9.88 Å². The lowest BCUT2D eigenvalue weighted by Gasteiger charge is -2.53. The summed E-state index contributed by atoms with van der Waals surface area (Å²) in [5.74, 6) is -0.280. The maximum atomic E-state index is 13.1. The molecule has 1 atom stereocenters. The van der Waals surface area contributed by atoms with Gasteiger partial charge in [0, 0.05) is 25.3 Å². The van der Waals surface area contributed by atoms with Crippen LogP contribution in [0.3, 0.4) is 0 Å². The lowest BCUT2D eigenvalue weighted by atomic mass is 9.99. The molecule has 0 aliphatic carbocycles. The molecule has 126 valence electrons. The zero-order chi connectivity index (χ0) is 16.8. The molecular weight excluding hydrogens is 294 g/mol. The zero-order valence-corrected chi connectivity index (χ0v) is 14.4. The number of nitrogens with zero attached hydrogens (tertiary/aromatic N) is 2. The normalized spacial score (nSPS) is 27.7. The Hall–Kier alpha value is -1.66. The maximum Gasteiger partial charge on any atom is 0.339 e. The summed E-state index contributed by atoms with van der Waals surface area (Å²) in [7, 11) is 1.37. The molecule has 0 amide bonds. The van der Waals surface area contributed by atoms with Crippen molar-refractivity contribution in [2.75, 3.05) is 46.4 Å². The van der Waals surface area contributed by atoms with Crippen molar-refractivity contribution >= 4 is 11.8 Å². The van der Waals surface area contributed by atoms with Crippen LogP contribution in [0.15, 0.2) is 0 Å². The van der Waals surface area contributed by atoms with Crippen LogP contribution >= 0.6 is 0 Å². The summed E-state index contributed by atoms with van der Waals surface area (Å²) >= 11 is 0. The number of piperazine rings is 3. The van der Waals surface area contributed by atoms with Gasteiger partial charge in [-0.05, 0) is 26.3 Å². The van der Waals surface area contributed by atoms with Gasteiger partial charge < -0.3 is 14.2 Å². The largest absolute Gasteiger partial charge is 0.465 e. The van der Waals surface area contributed by atoms with Crippen LogP contribution in [0.25, 0.3) is 0 Å². The first-order valence-corrected chi connectivity index (χ1v) is 8.29. The molecule has 0 radical (unpaired) electrons. The molecule has 2 bridgehead atoms. The number of H-pyrrole nitrogens is 1. The number of carbonyl (C=O) groups is 2. The van der Waals surface area contributed by atoms with E-state index < -0.39 is 0 Å². The summed E-state index contributed by atoms with van der Waals surface area (Å²) in [4.78, 5) is 30.6. The third kappa shape index (κ3) is 2.50. The van der Waals surface area contributed by atoms with E-state index in [-0.39, 0.29) is 17.8 Å². The highest BCUT2D eigenvalue weighted by molar-refractivity contribution is 6.03. The zero-order valence-electron chi connectivity index (χ0n) is 14.4. The Balaban J connectivity index is 1.90. The number of hydrogen-bond donors (Lipinski definition) is 1. The molecule has 3 saturated heterocycles. The van der Waals surface area contributed by atoms with E-state index in [9.17, 15) is 9.59 Å². The number of aromatic amines is 1. The first-order valence-electron chi connectivity index (χ1n) is 8.29. The van der Waals surface area contributed by atoms with Crippen LogP contribution in [0.2, 0.25) is 0 Å². The molecule has 23 heavy (non-hydrogen) atoms. The molecule has 1 N–H and O–H groups in total. The first kappa shape index (κ1) is 16.2. The summed E-state index contributed by atoms with van der Waals surface area (Å²) in [6.07, 6.45) is 0. The standard InChI is InChI=1S/C17H25N3O3/c1-11-14(17(22)23-4)12(2)18-15(11)16(21)13(3)20-8-5-19(6-9-20)7-10-20/h13H,5-10H2,1-4H3/p+1/t13-/m0/s1. The number of Topliss-reactive ketones (excluding diaryl/α,β-unsaturated/α-hetero) is 1. The second-order valence-electron chi connectivity index (χ2n) is 6.89. The first-order chi connectivity index (χ1) is 10.9. The summed E-state index contributed by atoms with van der Waals surface area (Å²) in [6, 6.07) is -0.0836. The number of esters is 1. The monoisotopic (exact) mass is 320 g/mol. The van der Waals surface area contributed by atoms with Gasteiger partial charge in [-0.3, -0.25) is 9.69 Å². The average Bonchev–Trinajstić information content (AvgIpc) is 2.89. The van der Waals surface area contributed by atoms with Gasteiger partial charge in [0.25, 0.3) is 0 Å². The fraction of sp³-hybridized carbons (Fsp3) is 0.647. The van der Waals surface area contributed by atoms with Gasteiger partial charge in [0.15, 0.2) is 6.04 Å². The van der Waals surface area contributed by atoms with Crippen molar-refractivity contribution in [2.45, 2.75) is 26.8 Å². The summed E-state index contributed by atoms with van der Waals surface area (Å²) in [5, 5.41) is 0. The maximum absolute atomic E-state index is 13.1. The number of quaternary nitrogens is 1. The SMILES string of the molecule is COC(=O)c1c(C)[nH]c(C(=O)[C@H](C)[N+]23CCN(CC2)CC3)c1C. The van der Waals surface area contributed by atoms with Crippen molar-refractivity contribution in [2.24, 2.45) is 0 Å². The van der Waals surface area contributed by atoms with Crippen LogP contribution in [0.5, 0.6) is 0 Å². The fourth-order valence-corrected chi connectivity index (χ4v) is 4.14. The number of fused-ring (bicyclic) bond motifs is 3. The predicted octanol–water partition coefficient (Wildman–Crippen LogP) is 1.14. The average molecular weight is 320 g/mol. The van der Waals surface area contributed by atoms with E-state index in [2.05, 4.69) is 9.88 Å². The van der Waals surface area contributed by atoms with E-state index in [0.717, 1.165) is 43.8 Å². The van der Waals surface area contributed by atoms with Crippen molar-refractivity contribution in [3.05, 3.63) is 22.5 Å². The molecule has 1 aromatic rings. The van der Waals surface area contributed by atoms with Crippen LogP contribution in [0.4, 0.5) is 0 Å². The number of methoxy groups -OCH3 is 1. The third-order valence-electron chi connectivity index (χ3n) is 5.86. The molecule has 0 aromatic carbocycles. The number of carbonyl (C=O) groups excluding carboxylic acids is 2. The summed E-state index contributed by atoms with van der Waals surface area (Å²) < 4.78 is 5.71. The number of ether oxygens (including phenoxy) is 1. The van der Waals surface area contributed by atoms with Crippen molar-refractivity contribution in [3.8, 4) is 0 Å². The minimum absolute atomic E-state index is 0.0836. The molecule has 6 heteroatoms. The van der Waals surface area contributed by atoms with Crippen molar-refractivity contribution in [1.29, 1.82) is 0 Å². The summed E-state index contributed by atoms with van der Waals surface area (Å²) in [5.41, 5.74) is 2.47. The van der Waals surface area contributed by atoms with Crippen molar-refractivity contribution in [3.63, 3.8) is 0 Å². The lowest BCUT2D eigenvalue weighted by molar-refractivity contribution is -0.952. The molecule has 0 unspecified atom stereocenters. The predicted molar refractivity (Wildman–Crippen MR) is 86.7 cm³/mol. The molecule has 0 saturated carbocycles. The smallest absolute Gasteiger partial charge is 0.339 e. The van der Waals surface area contributed by atoms with E-state index in [4.69, 9.17) is 4.74 Å². The number of rotatable bonds is 4. The van der Waals surface area contributed by atoms with E-state index in [0.29, 0.717) is 22.5 Å². The van der Waals surface area contributed by atoms with E-state index >= 15 is 0 Å². The molecular formula is C17H26N3O3+. The van der Waals surface area contributed by atoms with Gasteiger partial charge in [-0.2, -0.15) is 0 Å². The van der Waals surface area contributed by atoms with Gasteiger partial charge >= 0.3 is 5.97 Å². The van der Waals surface area contributed by atoms with Gasteiger partial charge in [0.05, 0.1) is 38.0 Å². The molecule has 6 nitrogen and oxygen atoms in total. The summed E-state index contributed by atoms with van der Waals surface area (Å²) in [6.45, 7) is 12.0. The van der Waals surface area contributed by atoms with Gasteiger partial charge in [0.1, 0.15) is 0 Å². The quantitative estimate of drug-likeness (QED) is 0.513. The number of hydrogen-bond acceptors (Lipinski definition) is 4. The van der Waals surface area contributed by atoms with E-state index in [1.54, 1.807) is 0 Å². The molecule has 4 heterocycles. The second kappa shape index (κ2) is 5.76. The Morgan fingerprint density at radius 2 is 1.74 bits per heavy atom. The second-order valence-corrected chi connectivity index (χ2v) is 6.89. The van der Waals surface area contributed by atoms with Crippen LogP contribution in [-0.2, 0) is 4.74 Å². The minimum atomic E-state index is -0.387. The number of nitrogens with one attached hydrogen (secondary N) is 1. The number of ketones is 1. The van der Waals surface area contributed by atoms with Crippen LogP contribution in [-0.4, -0.2) is 78.5 Å². The Labute approximate surface area is 137 Å². The number of aromatic nitrogens is 1. The lowest BCUT2D eigenvalue weighted by Crippen LogP contribution is -2.71. The van der Waals surface area contributed by atoms with Crippen LogP contribution < -0.4 is 0 Å². The molecule has 3 aliphatic rings. The van der Waals surface area contributed by atoms with Crippen LogP contribution in [0, 0.1) is 13.8 Å². The Morgan fingerprint density at radius 3 is 2.26 bits per heavy atom. The molecule has 3 fully saturated rings. The van der Waals surface area contributed by atoms with E-state index in [1.807, 2.05) is 20.8 Å². The highest BCUT2D eigenvalue weighted by atomic mass is 16.5. The molecule has 1 aromatic heterocycles. The Kier molecular flexibility index (Phi) is 4.06. The highest BCUT2D eigenvalue weighted by Gasteiger charge is 2.46. The van der Waals surface area contributed by atoms with E-state index in [1.165, 1.54) is 7.11 Å². The van der Waals surface area contributed by atoms with Crippen molar-refractivity contribution < 1.29 is 18.8 Å². The van der Waals surface area contributed by atoms with Gasteiger partial charge in [0.2, 0.25) is 5.78 Å². The molecule has 4 rings (SSSR count). The number of aryl methyl sites for hydroxylation is 1. The molecule has 3 aliphatic heterocycles. The molecule has 0 spiro atoms. The van der Waals surface area contributed by atoms with Gasteiger partial charge in [-0.1, -0.05) is 0 Å².